The van der Waals surface area contributed by atoms with Gasteiger partial charge in [0.2, 0.25) is 5.91 Å². The Morgan fingerprint density at radius 1 is 1.09 bits per heavy atom. The Kier molecular flexibility index (Phi) is 8.00. The van der Waals surface area contributed by atoms with E-state index in [1.807, 2.05) is 42.2 Å². The zero-order valence-electron chi connectivity index (χ0n) is 24.3. The summed E-state index contributed by atoms with van der Waals surface area (Å²) in [6, 6.07) is 20.4. The second-order valence-corrected chi connectivity index (χ2v) is 11.4. The molecule has 1 aliphatic rings. The van der Waals surface area contributed by atoms with Crippen LogP contribution in [-0.2, 0) is 4.79 Å². The number of amides is 1. The Labute approximate surface area is 255 Å². The molecule has 0 spiro atoms. The highest BCUT2D eigenvalue weighted by molar-refractivity contribution is 6.34. The number of nitrogens with two attached hydrogens (primary N) is 1. The number of nitrogens with zero attached hydrogens (tertiary/aromatic N) is 5. The first-order valence-electron chi connectivity index (χ1n) is 14.0. The highest BCUT2D eigenvalue weighted by Gasteiger charge is 2.31. The number of rotatable bonds is 5. The van der Waals surface area contributed by atoms with Gasteiger partial charge in [-0.05, 0) is 54.8 Å². The highest BCUT2D eigenvalue weighted by Crippen LogP contribution is 2.41. The standard InChI is InChI=1S/C34H31ClN6O2/c1-5-32(42)39-12-13-40(21(4)19-39)33-26-15-28(35)25(24-11-10-22(17-36)14-29(24)38)16-31(26)41(34(43)27(33)18-37)30-9-7-6-8-23(30)20(2)3/h5-11,14-16,20-21H,1,12-13,19,38H2,2-4H3/t21-/m0/s1. The van der Waals surface area contributed by atoms with E-state index in [9.17, 15) is 20.1 Å². The molecule has 0 saturated carbocycles. The van der Waals surface area contributed by atoms with Crippen molar-refractivity contribution in [2.45, 2.75) is 32.7 Å². The van der Waals surface area contributed by atoms with E-state index in [2.05, 4.69) is 32.6 Å². The summed E-state index contributed by atoms with van der Waals surface area (Å²) in [5.74, 6) is -0.0648. The predicted octanol–water partition coefficient (Wildman–Crippen LogP) is 5.98. The molecule has 1 fully saturated rings. The van der Waals surface area contributed by atoms with Gasteiger partial charge in [0, 0.05) is 52.9 Å². The number of benzene rings is 3. The first-order chi connectivity index (χ1) is 20.6. The van der Waals surface area contributed by atoms with E-state index in [1.165, 1.54) is 6.08 Å². The van der Waals surface area contributed by atoms with Crippen LogP contribution in [0.1, 0.15) is 43.4 Å². The molecule has 0 bridgehead atoms. The SMILES string of the molecule is C=CC(=O)N1CCN(c2c(C#N)c(=O)n(-c3ccccc3C(C)C)c3cc(-c4ccc(C#N)cc4N)c(Cl)cc23)[C@@H](C)C1. The second kappa shape index (κ2) is 11.7. The molecule has 1 atom stereocenters. The molecule has 1 aromatic heterocycles. The predicted molar refractivity (Wildman–Crippen MR) is 172 cm³/mol. The quantitative estimate of drug-likeness (QED) is 0.225. The minimum absolute atomic E-state index is 0.00288. The summed E-state index contributed by atoms with van der Waals surface area (Å²) in [5, 5.41) is 20.8. The van der Waals surface area contributed by atoms with Gasteiger partial charge in [-0.2, -0.15) is 10.5 Å². The number of hydrogen-bond donors (Lipinski definition) is 1. The van der Waals surface area contributed by atoms with E-state index < -0.39 is 5.56 Å². The maximum absolute atomic E-state index is 14.4. The van der Waals surface area contributed by atoms with E-state index in [1.54, 1.807) is 33.7 Å². The lowest BCUT2D eigenvalue weighted by Crippen LogP contribution is -2.54. The van der Waals surface area contributed by atoms with E-state index in [4.69, 9.17) is 17.3 Å². The zero-order valence-corrected chi connectivity index (χ0v) is 25.0. The van der Waals surface area contributed by atoms with E-state index in [0.29, 0.717) is 69.3 Å². The maximum atomic E-state index is 14.4. The number of carbonyl (C=O) groups excluding carboxylic acids is 1. The van der Waals surface area contributed by atoms with Gasteiger partial charge in [0.25, 0.3) is 5.56 Å². The van der Waals surface area contributed by atoms with Crippen LogP contribution in [0.25, 0.3) is 27.7 Å². The van der Waals surface area contributed by atoms with Crippen LogP contribution in [0.3, 0.4) is 0 Å². The van der Waals surface area contributed by atoms with Gasteiger partial charge in [-0.3, -0.25) is 14.2 Å². The number of carbonyl (C=O) groups is 1. The van der Waals surface area contributed by atoms with Crippen LogP contribution in [0, 0.1) is 22.7 Å². The summed E-state index contributed by atoms with van der Waals surface area (Å²) < 4.78 is 1.59. The molecule has 3 aromatic carbocycles. The average Bonchev–Trinajstić information content (AvgIpc) is 3.00. The zero-order chi connectivity index (χ0) is 31.0. The molecule has 1 amide bonds. The molecule has 0 unspecified atom stereocenters. The fourth-order valence-electron chi connectivity index (χ4n) is 5.91. The molecule has 1 saturated heterocycles. The molecule has 5 rings (SSSR count). The van der Waals surface area contributed by atoms with Crippen molar-refractivity contribution >= 4 is 39.8 Å². The van der Waals surface area contributed by atoms with Gasteiger partial charge >= 0.3 is 0 Å². The second-order valence-electron chi connectivity index (χ2n) is 11.0. The Hall–Kier alpha value is -5.05. The number of nitriles is 2. The van der Waals surface area contributed by atoms with Gasteiger partial charge in [-0.25, -0.2) is 0 Å². The van der Waals surface area contributed by atoms with Crippen molar-refractivity contribution in [2.24, 2.45) is 0 Å². The highest BCUT2D eigenvalue weighted by atomic mass is 35.5. The van der Waals surface area contributed by atoms with Crippen molar-refractivity contribution in [2.75, 3.05) is 30.3 Å². The Morgan fingerprint density at radius 3 is 2.47 bits per heavy atom. The first kappa shape index (κ1) is 29.4. The molecule has 1 aliphatic heterocycles. The fraction of sp³-hybridized carbons (Fsp3) is 0.235. The van der Waals surface area contributed by atoms with Crippen molar-refractivity contribution < 1.29 is 4.79 Å². The Bertz CT molecular complexity index is 1930. The lowest BCUT2D eigenvalue weighted by Gasteiger charge is -2.41. The van der Waals surface area contributed by atoms with Crippen LogP contribution < -0.4 is 16.2 Å². The third-order valence-electron chi connectivity index (χ3n) is 8.02. The number of hydrogen-bond acceptors (Lipinski definition) is 6. The monoisotopic (exact) mass is 590 g/mol. The van der Waals surface area contributed by atoms with Crippen LogP contribution in [0.5, 0.6) is 0 Å². The van der Waals surface area contributed by atoms with Crippen molar-refractivity contribution in [3.63, 3.8) is 0 Å². The van der Waals surface area contributed by atoms with Crippen molar-refractivity contribution in [1.82, 2.24) is 9.47 Å². The smallest absolute Gasteiger partial charge is 0.275 e. The normalized spacial score (nSPS) is 14.9. The lowest BCUT2D eigenvalue weighted by atomic mass is 9.96. The molecule has 9 heteroatoms. The minimum Gasteiger partial charge on any atom is -0.398 e. The number of para-hydroxylation sites is 1. The number of pyridine rings is 1. The summed E-state index contributed by atoms with van der Waals surface area (Å²) in [7, 11) is 0. The number of aromatic nitrogens is 1. The van der Waals surface area contributed by atoms with Gasteiger partial charge in [0.05, 0.1) is 28.5 Å². The third kappa shape index (κ3) is 5.11. The third-order valence-corrected chi connectivity index (χ3v) is 8.33. The van der Waals surface area contributed by atoms with Gasteiger partial charge in [-0.1, -0.05) is 56.3 Å². The van der Waals surface area contributed by atoms with Crippen LogP contribution in [0.4, 0.5) is 11.4 Å². The van der Waals surface area contributed by atoms with Crippen LogP contribution in [-0.4, -0.2) is 41.1 Å². The Morgan fingerprint density at radius 2 is 1.84 bits per heavy atom. The number of piperazine rings is 1. The van der Waals surface area contributed by atoms with Crippen LogP contribution >= 0.6 is 11.6 Å². The minimum atomic E-state index is -0.448. The summed E-state index contributed by atoms with van der Waals surface area (Å²) >= 11 is 6.96. The molecule has 43 heavy (non-hydrogen) atoms. The first-order valence-corrected chi connectivity index (χ1v) is 14.4. The summed E-state index contributed by atoms with van der Waals surface area (Å²) in [4.78, 5) is 30.5. The molecule has 0 radical (unpaired) electrons. The van der Waals surface area contributed by atoms with Gasteiger partial charge in [-0.15, -0.1) is 0 Å². The molecule has 216 valence electrons. The molecular weight excluding hydrogens is 560 g/mol. The largest absolute Gasteiger partial charge is 0.398 e. The Balaban J connectivity index is 1.87. The number of nitrogen functional groups attached to an aromatic ring is 1. The summed E-state index contributed by atoms with van der Waals surface area (Å²) in [5.41, 5.74) is 10.6. The van der Waals surface area contributed by atoms with Crippen molar-refractivity contribution in [1.29, 1.82) is 10.5 Å². The van der Waals surface area contributed by atoms with Crippen LogP contribution in [0.15, 0.2) is 72.0 Å². The number of halogens is 1. The van der Waals surface area contributed by atoms with E-state index >= 15 is 0 Å². The van der Waals surface area contributed by atoms with Gasteiger partial charge < -0.3 is 15.5 Å². The number of fused-ring (bicyclic) bond motifs is 1. The molecule has 0 aliphatic carbocycles. The topological polar surface area (TPSA) is 119 Å². The van der Waals surface area contributed by atoms with Crippen molar-refractivity contribution in [3.8, 4) is 29.0 Å². The van der Waals surface area contributed by atoms with Gasteiger partial charge in [0.15, 0.2) is 0 Å². The summed E-state index contributed by atoms with van der Waals surface area (Å²) in [6.07, 6.45) is 1.29. The fourth-order valence-corrected chi connectivity index (χ4v) is 6.18. The average molecular weight is 591 g/mol. The van der Waals surface area contributed by atoms with E-state index in [-0.39, 0.29) is 23.4 Å². The lowest BCUT2D eigenvalue weighted by molar-refractivity contribution is -0.126. The molecular formula is C34H31ClN6O2. The molecule has 2 N–H and O–H groups in total. The van der Waals surface area contributed by atoms with Crippen molar-refractivity contribution in [3.05, 3.63) is 99.3 Å². The van der Waals surface area contributed by atoms with Crippen LogP contribution in [0.2, 0.25) is 5.02 Å². The number of anilines is 2. The molecule has 4 aromatic rings. The molecule has 2 heterocycles. The molecule has 8 nitrogen and oxygen atoms in total. The summed E-state index contributed by atoms with van der Waals surface area (Å²) in [6.45, 7) is 10.9. The maximum Gasteiger partial charge on any atom is 0.275 e. The van der Waals surface area contributed by atoms with Gasteiger partial charge in [0.1, 0.15) is 11.6 Å². The van der Waals surface area contributed by atoms with E-state index in [0.717, 1.165) is 5.56 Å².